The predicted octanol–water partition coefficient (Wildman–Crippen LogP) is 3.45. The average molecular weight is 391 g/mol. The van der Waals surface area contributed by atoms with Gasteiger partial charge in [0.05, 0.1) is 23.5 Å². The van der Waals surface area contributed by atoms with Crippen LogP contribution in [0.3, 0.4) is 0 Å². The number of nitrogens with one attached hydrogen (secondary N) is 1. The minimum Gasteiger partial charge on any atom is -0.355 e. The van der Waals surface area contributed by atoms with Crippen molar-refractivity contribution in [3.8, 4) is 0 Å². The van der Waals surface area contributed by atoms with Gasteiger partial charge in [-0.05, 0) is 50.4 Å². The number of carbonyl (C=O) groups excluding carboxylic acids is 1. The maximum absolute atomic E-state index is 12.7. The van der Waals surface area contributed by atoms with Gasteiger partial charge in [-0.1, -0.05) is 42.0 Å². The minimum atomic E-state index is 0.0657. The van der Waals surface area contributed by atoms with E-state index in [4.69, 9.17) is 4.98 Å². The number of benzene rings is 2. The Kier molecular flexibility index (Phi) is 5.95. The third-order valence-corrected chi connectivity index (χ3v) is 5.92. The van der Waals surface area contributed by atoms with Crippen molar-refractivity contribution in [2.75, 3.05) is 19.6 Å². The summed E-state index contributed by atoms with van der Waals surface area (Å²) in [4.78, 5) is 19.9. The van der Waals surface area contributed by atoms with Gasteiger partial charge in [0, 0.05) is 20.1 Å². The molecule has 29 heavy (non-hydrogen) atoms. The molecule has 1 aromatic heterocycles. The third-order valence-electron chi connectivity index (χ3n) is 5.92. The Morgan fingerprint density at radius 3 is 2.90 bits per heavy atom. The molecule has 5 heteroatoms. The number of rotatable bonds is 6. The smallest absolute Gasteiger partial charge is 0.224 e. The van der Waals surface area contributed by atoms with Crippen molar-refractivity contribution in [3.05, 3.63) is 65.5 Å². The van der Waals surface area contributed by atoms with E-state index in [1.807, 2.05) is 12.1 Å². The number of carbonyl (C=O) groups is 1. The fourth-order valence-electron chi connectivity index (χ4n) is 4.29. The van der Waals surface area contributed by atoms with Crippen LogP contribution in [0.1, 0.15) is 29.8 Å². The Balaban J connectivity index is 1.31. The zero-order valence-corrected chi connectivity index (χ0v) is 17.4. The molecule has 1 aliphatic heterocycles. The number of hydrogen-bond acceptors (Lipinski definition) is 3. The maximum Gasteiger partial charge on any atom is 0.224 e. The molecule has 0 bridgehead atoms. The minimum absolute atomic E-state index is 0.0657. The van der Waals surface area contributed by atoms with Gasteiger partial charge >= 0.3 is 0 Å². The van der Waals surface area contributed by atoms with Crippen molar-refractivity contribution in [3.63, 3.8) is 0 Å². The van der Waals surface area contributed by atoms with Gasteiger partial charge in [0.25, 0.3) is 0 Å². The number of para-hydroxylation sites is 2. The molecule has 5 nitrogen and oxygen atoms in total. The highest BCUT2D eigenvalue weighted by atomic mass is 16.1. The van der Waals surface area contributed by atoms with E-state index in [-0.39, 0.29) is 11.8 Å². The maximum atomic E-state index is 12.7. The molecule has 0 saturated carbocycles. The second kappa shape index (κ2) is 8.78. The summed E-state index contributed by atoms with van der Waals surface area (Å²) >= 11 is 0. The van der Waals surface area contributed by atoms with Crippen molar-refractivity contribution in [1.82, 2.24) is 19.8 Å². The normalized spacial score (nSPS) is 17.5. The summed E-state index contributed by atoms with van der Waals surface area (Å²) in [6, 6.07) is 16.7. The number of aryl methyl sites for hydroxylation is 2. The Labute approximate surface area is 172 Å². The van der Waals surface area contributed by atoms with Crippen LogP contribution < -0.4 is 5.32 Å². The zero-order chi connectivity index (χ0) is 20.2. The number of piperidine rings is 1. The van der Waals surface area contributed by atoms with Gasteiger partial charge < -0.3 is 9.88 Å². The van der Waals surface area contributed by atoms with Crippen molar-refractivity contribution in [2.45, 2.75) is 32.7 Å². The SMILES string of the molecule is Cc1cccc(CCNC(=O)[C@@H]2CCCN(Cc3nc4ccccc4n3C)C2)c1. The molecular weight excluding hydrogens is 360 g/mol. The second-order valence-electron chi connectivity index (χ2n) is 8.18. The molecule has 0 unspecified atom stereocenters. The monoisotopic (exact) mass is 390 g/mol. The predicted molar refractivity (Wildman–Crippen MR) is 117 cm³/mol. The van der Waals surface area contributed by atoms with Crippen LogP contribution in [0.25, 0.3) is 11.0 Å². The fourth-order valence-corrected chi connectivity index (χ4v) is 4.29. The quantitative estimate of drug-likeness (QED) is 0.701. The first-order chi connectivity index (χ1) is 14.1. The topological polar surface area (TPSA) is 50.2 Å². The highest BCUT2D eigenvalue weighted by molar-refractivity contribution is 5.79. The highest BCUT2D eigenvalue weighted by Crippen LogP contribution is 2.21. The Morgan fingerprint density at radius 2 is 2.07 bits per heavy atom. The van der Waals surface area contributed by atoms with E-state index in [9.17, 15) is 4.79 Å². The van der Waals surface area contributed by atoms with E-state index in [1.54, 1.807) is 0 Å². The van der Waals surface area contributed by atoms with E-state index in [2.05, 4.69) is 65.2 Å². The third kappa shape index (κ3) is 4.67. The number of imidazole rings is 1. The fraction of sp³-hybridized carbons (Fsp3) is 0.417. The van der Waals surface area contributed by atoms with Crippen LogP contribution in [-0.4, -0.2) is 40.0 Å². The van der Waals surface area contributed by atoms with Gasteiger partial charge in [-0.15, -0.1) is 0 Å². The van der Waals surface area contributed by atoms with E-state index < -0.39 is 0 Å². The van der Waals surface area contributed by atoms with E-state index in [0.29, 0.717) is 6.54 Å². The Morgan fingerprint density at radius 1 is 1.21 bits per heavy atom. The van der Waals surface area contributed by atoms with Gasteiger partial charge in [0.15, 0.2) is 0 Å². The second-order valence-corrected chi connectivity index (χ2v) is 8.18. The summed E-state index contributed by atoms with van der Waals surface area (Å²) in [5, 5.41) is 3.15. The van der Waals surface area contributed by atoms with Gasteiger partial charge in [-0.2, -0.15) is 0 Å². The van der Waals surface area contributed by atoms with Gasteiger partial charge in [0.1, 0.15) is 5.82 Å². The molecule has 4 rings (SSSR count). The standard InChI is InChI=1S/C24H30N4O/c1-18-7-5-8-19(15-18)12-13-25-24(29)20-9-6-14-28(16-20)17-23-26-21-10-3-4-11-22(21)27(23)2/h3-5,7-8,10-11,15,20H,6,9,12-14,16-17H2,1-2H3,(H,25,29)/t20-/m1/s1. The number of fused-ring (bicyclic) bond motifs is 1. The van der Waals surface area contributed by atoms with Crippen molar-refractivity contribution < 1.29 is 4.79 Å². The molecule has 1 atom stereocenters. The molecule has 1 saturated heterocycles. The Bertz CT molecular complexity index is 993. The van der Waals surface area contributed by atoms with Crippen LogP contribution in [0, 0.1) is 12.8 Å². The van der Waals surface area contributed by atoms with Gasteiger partial charge in [-0.3, -0.25) is 9.69 Å². The molecule has 0 spiro atoms. The molecule has 1 fully saturated rings. The van der Waals surface area contributed by atoms with Crippen LogP contribution in [0.5, 0.6) is 0 Å². The summed E-state index contributed by atoms with van der Waals surface area (Å²) in [6.07, 6.45) is 2.90. The summed E-state index contributed by atoms with van der Waals surface area (Å²) in [5.41, 5.74) is 4.73. The number of likely N-dealkylation sites (tertiary alicyclic amines) is 1. The number of hydrogen-bond donors (Lipinski definition) is 1. The van der Waals surface area contributed by atoms with Crippen molar-refractivity contribution in [1.29, 1.82) is 0 Å². The molecule has 1 N–H and O–H groups in total. The molecule has 0 aliphatic carbocycles. The molecule has 1 amide bonds. The van der Waals surface area contributed by atoms with Crippen LogP contribution >= 0.6 is 0 Å². The molecule has 152 valence electrons. The molecular formula is C24H30N4O. The number of amides is 1. The summed E-state index contributed by atoms with van der Waals surface area (Å²) < 4.78 is 2.17. The highest BCUT2D eigenvalue weighted by Gasteiger charge is 2.26. The molecule has 2 aromatic carbocycles. The van der Waals surface area contributed by atoms with Crippen LogP contribution in [0.2, 0.25) is 0 Å². The summed E-state index contributed by atoms with van der Waals surface area (Å²) in [6.45, 7) is 5.42. The molecule has 3 aromatic rings. The molecule has 0 radical (unpaired) electrons. The van der Waals surface area contributed by atoms with Crippen LogP contribution in [0.4, 0.5) is 0 Å². The van der Waals surface area contributed by atoms with Crippen molar-refractivity contribution >= 4 is 16.9 Å². The first kappa shape index (κ1) is 19.6. The first-order valence-electron chi connectivity index (χ1n) is 10.6. The van der Waals surface area contributed by atoms with Crippen LogP contribution in [-0.2, 0) is 24.8 Å². The van der Waals surface area contributed by atoms with Crippen molar-refractivity contribution in [2.24, 2.45) is 13.0 Å². The first-order valence-corrected chi connectivity index (χ1v) is 10.6. The van der Waals surface area contributed by atoms with Gasteiger partial charge in [-0.25, -0.2) is 4.98 Å². The lowest BCUT2D eigenvalue weighted by atomic mass is 9.97. The zero-order valence-electron chi connectivity index (χ0n) is 17.4. The average Bonchev–Trinajstić information content (AvgIpc) is 3.04. The van der Waals surface area contributed by atoms with Crippen LogP contribution in [0.15, 0.2) is 48.5 Å². The Hall–Kier alpha value is -2.66. The molecule has 2 heterocycles. The number of nitrogens with zero attached hydrogens (tertiary/aromatic N) is 3. The lowest BCUT2D eigenvalue weighted by molar-refractivity contribution is -0.126. The largest absolute Gasteiger partial charge is 0.355 e. The van der Waals surface area contributed by atoms with E-state index in [1.165, 1.54) is 11.1 Å². The molecule has 1 aliphatic rings. The lowest BCUT2D eigenvalue weighted by Crippen LogP contribution is -2.43. The lowest BCUT2D eigenvalue weighted by Gasteiger charge is -2.31. The van der Waals surface area contributed by atoms with Gasteiger partial charge in [0.2, 0.25) is 5.91 Å². The van der Waals surface area contributed by atoms with E-state index in [0.717, 1.165) is 55.8 Å². The summed E-state index contributed by atoms with van der Waals surface area (Å²) in [5.74, 6) is 1.31. The number of aromatic nitrogens is 2. The van der Waals surface area contributed by atoms with E-state index >= 15 is 0 Å². The summed E-state index contributed by atoms with van der Waals surface area (Å²) in [7, 11) is 2.07.